The highest BCUT2D eigenvalue weighted by molar-refractivity contribution is 9.10. The van der Waals surface area contributed by atoms with Gasteiger partial charge < -0.3 is 4.90 Å². The summed E-state index contributed by atoms with van der Waals surface area (Å²) in [7, 11) is 3.96. The zero-order chi connectivity index (χ0) is 15.6. The minimum absolute atomic E-state index is 0.0957. The van der Waals surface area contributed by atoms with Crippen molar-refractivity contribution >= 4 is 49.2 Å². The molecule has 0 aliphatic carbocycles. The number of aromatic nitrogens is 2. The standard InChI is InChI=1S/C14H14Br2ClN3O/c1-19(2)5-6-20-13(12(16)8-18-20)14(21)10-4-3-9(17)7-11(10)15/h3-4,7-8H,5-6H2,1-2H3. The van der Waals surface area contributed by atoms with Crippen molar-refractivity contribution in [1.29, 1.82) is 0 Å². The van der Waals surface area contributed by atoms with Crippen molar-refractivity contribution in [1.82, 2.24) is 14.7 Å². The maximum atomic E-state index is 12.7. The van der Waals surface area contributed by atoms with Gasteiger partial charge in [-0.15, -0.1) is 0 Å². The van der Waals surface area contributed by atoms with Crippen LogP contribution in [0.2, 0.25) is 5.02 Å². The summed E-state index contributed by atoms with van der Waals surface area (Å²) in [6.45, 7) is 1.45. The number of benzene rings is 1. The molecule has 1 heterocycles. The molecule has 21 heavy (non-hydrogen) atoms. The Hall–Kier alpha value is -0.690. The fourth-order valence-corrected chi connectivity index (χ4v) is 3.19. The molecule has 0 amide bonds. The summed E-state index contributed by atoms with van der Waals surface area (Å²) >= 11 is 12.7. The zero-order valence-corrected chi connectivity index (χ0v) is 15.5. The summed E-state index contributed by atoms with van der Waals surface area (Å²) in [5, 5.41) is 4.84. The van der Waals surface area contributed by atoms with E-state index in [1.165, 1.54) is 0 Å². The number of carbonyl (C=O) groups is 1. The van der Waals surface area contributed by atoms with Crippen molar-refractivity contribution in [2.24, 2.45) is 0 Å². The Morgan fingerprint density at radius 2 is 2.05 bits per heavy atom. The minimum Gasteiger partial charge on any atom is -0.308 e. The molecule has 0 saturated heterocycles. The van der Waals surface area contributed by atoms with E-state index in [0.717, 1.165) is 6.54 Å². The maximum absolute atomic E-state index is 12.7. The summed E-state index contributed by atoms with van der Waals surface area (Å²) in [6.07, 6.45) is 1.65. The first-order valence-electron chi connectivity index (χ1n) is 6.26. The van der Waals surface area contributed by atoms with Gasteiger partial charge >= 0.3 is 0 Å². The lowest BCUT2D eigenvalue weighted by Crippen LogP contribution is -2.22. The minimum atomic E-state index is -0.0957. The second-order valence-electron chi connectivity index (χ2n) is 4.82. The molecule has 4 nitrogen and oxygen atoms in total. The summed E-state index contributed by atoms with van der Waals surface area (Å²) in [4.78, 5) is 14.8. The first kappa shape index (κ1) is 16.7. The van der Waals surface area contributed by atoms with Crippen molar-refractivity contribution in [3.8, 4) is 0 Å². The molecule has 0 N–H and O–H groups in total. The van der Waals surface area contributed by atoms with Crippen LogP contribution in [0.5, 0.6) is 0 Å². The van der Waals surface area contributed by atoms with Gasteiger partial charge in [0.25, 0.3) is 0 Å². The van der Waals surface area contributed by atoms with Gasteiger partial charge in [0.15, 0.2) is 0 Å². The number of nitrogens with zero attached hydrogens (tertiary/aromatic N) is 3. The van der Waals surface area contributed by atoms with Crippen LogP contribution in [0.15, 0.2) is 33.3 Å². The molecule has 0 saturated carbocycles. The Bertz CT molecular complexity index is 670. The van der Waals surface area contributed by atoms with Crippen LogP contribution in [0.1, 0.15) is 16.1 Å². The molecule has 2 rings (SSSR count). The summed E-state index contributed by atoms with van der Waals surface area (Å²) in [6, 6.07) is 5.13. The highest BCUT2D eigenvalue weighted by Crippen LogP contribution is 2.26. The number of rotatable bonds is 5. The molecule has 1 aromatic carbocycles. The van der Waals surface area contributed by atoms with Gasteiger partial charge in [0.2, 0.25) is 5.78 Å². The zero-order valence-electron chi connectivity index (χ0n) is 11.6. The van der Waals surface area contributed by atoms with Gasteiger partial charge in [-0.2, -0.15) is 5.10 Å². The molecule has 112 valence electrons. The summed E-state index contributed by atoms with van der Waals surface area (Å²) < 4.78 is 3.08. The molecule has 0 bridgehead atoms. The van der Waals surface area contributed by atoms with E-state index in [2.05, 4.69) is 37.0 Å². The van der Waals surface area contributed by atoms with Gasteiger partial charge in [-0.25, -0.2) is 0 Å². The molecule has 0 radical (unpaired) electrons. The molecule has 0 spiro atoms. The molecule has 0 aliphatic heterocycles. The van der Waals surface area contributed by atoms with E-state index in [4.69, 9.17) is 11.6 Å². The number of likely N-dealkylation sites (N-methyl/N-ethyl adjacent to an activating group) is 1. The molecular formula is C14H14Br2ClN3O. The van der Waals surface area contributed by atoms with Crippen molar-refractivity contribution < 1.29 is 4.79 Å². The normalized spacial score (nSPS) is 11.1. The molecule has 0 fully saturated rings. The fourth-order valence-electron chi connectivity index (χ4n) is 1.85. The van der Waals surface area contributed by atoms with Crippen LogP contribution < -0.4 is 0 Å². The van der Waals surface area contributed by atoms with Gasteiger partial charge in [0.05, 0.1) is 17.2 Å². The van der Waals surface area contributed by atoms with E-state index in [0.29, 0.717) is 31.8 Å². The second kappa shape index (κ2) is 7.05. The van der Waals surface area contributed by atoms with Crippen LogP contribution >= 0.6 is 43.5 Å². The Labute approximate surface area is 145 Å². The number of ketones is 1. The van der Waals surface area contributed by atoms with E-state index < -0.39 is 0 Å². The first-order chi connectivity index (χ1) is 9.90. The van der Waals surface area contributed by atoms with Gasteiger partial charge in [0, 0.05) is 21.6 Å². The topological polar surface area (TPSA) is 38.1 Å². The van der Waals surface area contributed by atoms with E-state index in [-0.39, 0.29) is 5.78 Å². The lowest BCUT2D eigenvalue weighted by molar-refractivity contribution is 0.102. The van der Waals surface area contributed by atoms with Crippen LogP contribution in [-0.4, -0.2) is 41.1 Å². The van der Waals surface area contributed by atoms with Crippen LogP contribution in [-0.2, 0) is 6.54 Å². The second-order valence-corrected chi connectivity index (χ2v) is 6.97. The molecule has 0 aliphatic rings. The molecular weight excluding hydrogens is 421 g/mol. The van der Waals surface area contributed by atoms with Gasteiger partial charge in [0.1, 0.15) is 5.69 Å². The van der Waals surface area contributed by atoms with Crippen LogP contribution in [0.4, 0.5) is 0 Å². The van der Waals surface area contributed by atoms with Gasteiger partial charge in [-0.1, -0.05) is 11.6 Å². The molecule has 2 aromatic rings. The third-order valence-corrected chi connectivity index (χ3v) is 4.42. The average Bonchev–Trinajstić information content (AvgIpc) is 2.77. The van der Waals surface area contributed by atoms with E-state index in [9.17, 15) is 4.79 Å². The lowest BCUT2D eigenvalue weighted by atomic mass is 10.1. The van der Waals surface area contributed by atoms with Crippen molar-refractivity contribution in [2.75, 3.05) is 20.6 Å². The van der Waals surface area contributed by atoms with Crippen molar-refractivity contribution in [3.05, 3.63) is 49.6 Å². The number of hydrogen-bond acceptors (Lipinski definition) is 3. The van der Waals surface area contributed by atoms with Crippen LogP contribution in [0.3, 0.4) is 0 Å². The quantitative estimate of drug-likeness (QED) is 0.670. The summed E-state index contributed by atoms with van der Waals surface area (Å²) in [5.74, 6) is -0.0957. The Balaban J connectivity index is 2.36. The number of halogens is 3. The van der Waals surface area contributed by atoms with E-state index >= 15 is 0 Å². The fraction of sp³-hybridized carbons (Fsp3) is 0.286. The van der Waals surface area contributed by atoms with Gasteiger partial charge in [-0.3, -0.25) is 9.48 Å². The van der Waals surface area contributed by atoms with Crippen molar-refractivity contribution in [3.63, 3.8) is 0 Å². The predicted octanol–water partition coefficient (Wildman–Crippen LogP) is 3.85. The van der Waals surface area contributed by atoms with Crippen molar-refractivity contribution in [2.45, 2.75) is 6.54 Å². The highest BCUT2D eigenvalue weighted by atomic mass is 79.9. The predicted molar refractivity (Wildman–Crippen MR) is 91.1 cm³/mol. The van der Waals surface area contributed by atoms with Gasteiger partial charge in [-0.05, 0) is 64.2 Å². The van der Waals surface area contributed by atoms with Crippen LogP contribution in [0.25, 0.3) is 0 Å². The Kier molecular flexibility index (Phi) is 5.60. The number of hydrogen-bond donors (Lipinski definition) is 0. The molecule has 0 unspecified atom stereocenters. The number of carbonyl (C=O) groups excluding carboxylic acids is 1. The Morgan fingerprint density at radius 1 is 1.33 bits per heavy atom. The third kappa shape index (κ3) is 3.94. The summed E-state index contributed by atoms with van der Waals surface area (Å²) in [5.41, 5.74) is 1.10. The SMILES string of the molecule is CN(C)CCn1ncc(Br)c1C(=O)c1ccc(Cl)cc1Br. The van der Waals surface area contributed by atoms with Crippen LogP contribution in [0, 0.1) is 0 Å². The monoisotopic (exact) mass is 433 g/mol. The molecule has 1 aromatic heterocycles. The van der Waals surface area contributed by atoms with E-state index in [1.54, 1.807) is 29.1 Å². The molecule has 0 atom stereocenters. The molecule has 7 heteroatoms. The lowest BCUT2D eigenvalue weighted by Gasteiger charge is -2.12. The van der Waals surface area contributed by atoms with E-state index in [1.807, 2.05) is 19.0 Å². The first-order valence-corrected chi connectivity index (χ1v) is 8.22. The third-order valence-electron chi connectivity index (χ3n) is 2.94. The largest absolute Gasteiger partial charge is 0.308 e. The maximum Gasteiger partial charge on any atom is 0.213 e. The average molecular weight is 436 g/mol. The highest BCUT2D eigenvalue weighted by Gasteiger charge is 2.21. The smallest absolute Gasteiger partial charge is 0.213 e. The Morgan fingerprint density at radius 3 is 2.67 bits per heavy atom.